The lowest BCUT2D eigenvalue weighted by molar-refractivity contribution is -0.140. The van der Waals surface area contributed by atoms with E-state index in [9.17, 15) is 9.59 Å². The van der Waals surface area contributed by atoms with Gasteiger partial charge in [0, 0.05) is 17.6 Å². The fourth-order valence-electron chi connectivity index (χ4n) is 3.79. The second kappa shape index (κ2) is 9.93. The molecule has 5 heteroatoms. The summed E-state index contributed by atoms with van der Waals surface area (Å²) in [5.74, 6) is -0.162. The van der Waals surface area contributed by atoms with Gasteiger partial charge in [0.25, 0.3) is 0 Å². The second-order valence-electron chi connectivity index (χ2n) is 7.98. The van der Waals surface area contributed by atoms with Gasteiger partial charge < -0.3 is 10.2 Å². The van der Waals surface area contributed by atoms with Crippen molar-refractivity contribution < 1.29 is 9.59 Å². The van der Waals surface area contributed by atoms with Crippen molar-refractivity contribution in [3.63, 3.8) is 0 Å². The Hall–Kier alpha value is -2.33. The van der Waals surface area contributed by atoms with Gasteiger partial charge in [-0.05, 0) is 49.9 Å². The minimum absolute atomic E-state index is 0.0801. The van der Waals surface area contributed by atoms with Crippen LogP contribution in [0.25, 0.3) is 0 Å². The van der Waals surface area contributed by atoms with Crippen LogP contribution in [0.4, 0.5) is 0 Å². The molecule has 0 bridgehead atoms. The van der Waals surface area contributed by atoms with Crippen LogP contribution in [-0.2, 0) is 22.6 Å². The highest BCUT2D eigenvalue weighted by Crippen LogP contribution is 2.19. The van der Waals surface area contributed by atoms with Crippen LogP contribution in [0.2, 0.25) is 5.02 Å². The maximum absolute atomic E-state index is 13.2. The predicted octanol–water partition coefficient (Wildman–Crippen LogP) is 4.67. The zero-order valence-corrected chi connectivity index (χ0v) is 17.9. The van der Waals surface area contributed by atoms with E-state index in [0.717, 1.165) is 42.4 Å². The summed E-state index contributed by atoms with van der Waals surface area (Å²) in [4.78, 5) is 27.7. The number of carbonyl (C=O) groups excluding carboxylic acids is 2. The predicted molar refractivity (Wildman–Crippen MR) is 117 cm³/mol. The molecule has 0 saturated heterocycles. The first-order valence-corrected chi connectivity index (χ1v) is 10.7. The summed E-state index contributed by atoms with van der Waals surface area (Å²) < 4.78 is 0. The maximum atomic E-state index is 13.2. The summed E-state index contributed by atoms with van der Waals surface area (Å²) >= 11 is 6.07. The molecule has 3 rings (SSSR count). The molecule has 4 nitrogen and oxygen atoms in total. The zero-order valence-electron chi connectivity index (χ0n) is 17.2. The highest BCUT2D eigenvalue weighted by molar-refractivity contribution is 6.30. The van der Waals surface area contributed by atoms with Crippen molar-refractivity contribution in [1.82, 2.24) is 10.2 Å². The molecular weight excluding hydrogens is 384 g/mol. The molecular formula is C24H29ClN2O2. The Kier molecular flexibility index (Phi) is 7.32. The third kappa shape index (κ3) is 6.07. The van der Waals surface area contributed by atoms with Crippen molar-refractivity contribution in [2.24, 2.45) is 0 Å². The van der Waals surface area contributed by atoms with Crippen molar-refractivity contribution in [3.05, 3.63) is 70.2 Å². The van der Waals surface area contributed by atoms with Crippen LogP contribution < -0.4 is 5.32 Å². The minimum Gasteiger partial charge on any atom is -0.352 e. The van der Waals surface area contributed by atoms with Crippen molar-refractivity contribution in [2.45, 2.75) is 64.6 Å². The topological polar surface area (TPSA) is 49.4 Å². The number of halogens is 1. The molecule has 1 fully saturated rings. The standard InChI is InChI=1S/C24H29ClN2O2/c1-17-10-12-19(13-11-17)16-27(18(2)24(29)26-22-8-3-4-9-22)23(28)15-20-6-5-7-21(25)14-20/h5-7,10-14,18,22H,3-4,8-9,15-16H2,1-2H3,(H,26,29)/t18-/m1/s1. The number of hydrogen-bond donors (Lipinski definition) is 1. The molecule has 0 aromatic heterocycles. The SMILES string of the molecule is Cc1ccc(CN(C(=O)Cc2cccc(Cl)c2)[C@H](C)C(=O)NC2CCCC2)cc1. The number of carbonyl (C=O) groups is 2. The van der Waals surface area contributed by atoms with Gasteiger partial charge in [0.1, 0.15) is 6.04 Å². The summed E-state index contributed by atoms with van der Waals surface area (Å²) in [5, 5.41) is 3.73. The highest BCUT2D eigenvalue weighted by Gasteiger charge is 2.28. The van der Waals surface area contributed by atoms with Crippen molar-refractivity contribution >= 4 is 23.4 Å². The molecule has 0 unspecified atom stereocenters. The van der Waals surface area contributed by atoms with Crippen LogP contribution >= 0.6 is 11.6 Å². The van der Waals surface area contributed by atoms with Crippen LogP contribution in [0.1, 0.15) is 49.3 Å². The number of nitrogens with one attached hydrogen (secondary N) is 1. The van der Waals surface area contributed by atoms with E-state index in [1.165, 1.54) is 0 Å². The molecule has 2 aromatic carbocycles. The van der Waals surface area contributed by atoms with E-state index in [1.54, 1.807) is 17.0 Å². The number of rotatable bonds is 7. The monoisotopic (exact) mass is 412 g/mol. The van der Waals surface area contributed by atoms with Gasteiger partial charge in [0.2, 0.25) is 11.8 Å². The molecule has 0 spiro atoms. The normalized spacial score (nSPS) is 15.1. The molecule has 0 radical (unpaired) electrons. The van der Waals surface area contributed by atoms with Crippen molar-refractivity contribution in [3.8, 4) is 0 Å². The summed E-state index contributed by atoms with van der Waals surface area (Å²) in [7, 11) is 0. The van der Waals surface area contributed by atoms with Gasteiger partial charge in [-0.2, -0.15) is 0 Å². The average molecular weight is 413 g/mol. The number of amides is 2. The quantitative estimate of drug-likeness (QED) is 0.718. The third-order valence-electron chi connectivity index (χ3n) is 5.59. The summed E-state index contributed by atoms with van der Waals surface area (Å²) in [6.07, 6.45) is 4.56. The number of nitrogens with zero attached hydrogens (tertiary/aromatic N) is 1. The van der Waals surface area contributed by atoms with Gasteiger partial charge in [-0.1, -0.05) is 66.4 Å². The van der Waals surface area contributed by atoms with Crippen molar-refractivity contribution in [2.75, 3.05) is 0 Å². The molecule has 1 atom stereocenters. The lowest BCUT2D eigenvalue weighted by atomic mass is 10.1. The van der Waals surface area contributed by atoms with Gasteiger partial charge in [-0.25, -0.2) is 0 Å². The van der Waals surface area contributed by atoms with Crippen LogP contribution in [-0.4, -0.2) is 28.8 Å². The smallest absolute Gasteiger partial charge is 0.242 e. The molecule has 2 amide bonds. The number of aryl methyl sites for hydroxylation is 1. The lowest BCUT2D eigenvalue weighted by Gasteiger charge is -2.30. The molecule has 2 aromatic rings. The molecule has 154 valence electrons. The fourth-order valence-corrected chi connectivity index (χ4v) is 4.00. The molecule has 0 aliphatic heterocycles. The third-order valence-corrected chi connectivity index (χ3v) is 5.82. The van der Waals surface area contributed by atoms with E-state index < -0.39 is 6.04 Å². The Balaban J connectivity index is 1.76. The van der Waals surface area contributed by atoms with E-state index >= 15 is 0 Å². The van der Waals surface area contributed by atoms with Crippen LogP contribution in [0.3, 0.4) is 0 Å². The minimum atomic E-state index is -0.538. The Morgan fingerprint density at radius 3 is 2.45 bits per heavy atom. The largest absolute Gasteiger partial charge is 0.352 e. The summed E-state index contributed by atoms with van der Waals surface area (Å²) in [6.45, 7) is 4.25. The number of hydrogen-bond acceptors (Lipinski definition) is 2. The van der Waals surface area contributed by atoms with Gasteiger partial charge in [0.05, 0.1) is 6.42 Å². The fraction of sp³-hybridized carbons (Fsp3) is 0.417. The Morgan fingerprint density at radius 2 is 1.79 bits per heavy atom. The molecule has 1 saturated carbocycles. The van der Waals surface area contributed by atoms with E-state index in [2.05, 4.69) is 5.32 Å². The van der Waals surface area contributed by atoms with Crippen molar-refractivity contribution in [1.29, 1.82) is 0 Å². The maximum Gasteiger partial charge on any atom is 0.242 e. The second-order valence-corrected chi connectivity index (χ2v) is 8.42. The molecule has 1 N–H and O–H groups in total. The van der Waals surface area contributed by atoms with Gasteiger partial charge in [0.15, 0.2) is 0 Å². The Labute approximate surface area is 178 Å². The Morgan fingerprint density at radius 1 is 1.10 bits per heavy atom. The first-order valence-electron chi connectivity index (χ1n) is 10.3. The van der Waals surface area contributed by atoms with Gasteiger partial charge >= 0.3 is 0 Å². The lowest BCUT2D eigenvalue weighted by Crippen LogP contribution is -2.50. The molecule has 1 aliphatic carbocycles. The molecule has 0 heterocycles. The van der Waals surface area contributed by atoms with Crippen LogP contribution in [0.5, 0.6) is 0 Å². The summed E-state index contributed by atoms with van der Waals surface area (Å²) in [6, 6.07) is 15.1. The zero-order chi connectivity index (χ0) is 20.8. The van der Waals surface area contributed by atoms with E-state index in [4.69, 9.17) is 11.6 Å². The number of benzene rings is 2. The first kappa shape index (κ1) is 21.4. The van der Waals surface area contributed by atoms with Gasteiger partial charge in [-0.15, -0.1) is 0 Å². The van der Waals surface area contributed by atoms with Crippen LogP contribution in [0, 0.1) is 6.92 Å². The first-order chi connectivity index (χ1) is 13.9. The van der Waals surface area contributed by atoms with E-state index in [1.807, 2.05) is 50.2 Å². The Bertz CT molecular complexity index is 844. The van der Waals surface area contributed by atoms with Gasteiger partial charge in [-0.3, -0.25) is 9.59 Å². The van der Waals surface area contributed by atoms with Crippen LogP contribution in [0.15, 0.2) is 48.5 Å². The average Bonchev–Trinajstić information content (AvgIpc) is 3.20. The van der Waals surface area contributed by atoms with E-state index in [0.29, 0.717) is 11.6 Å². The summed E-state index contributed by atoms with van der Waals surface area (Å²) in [5.41, 5.74) is 3.02. The highest BCUT2D eigenvalue weighted by atomic mass is 35.5. The molecule has 29 heavy (non-hydrogen) atoms. The van der Waals surface area contributed by atoms with E-state index in [-0.39, 0.29) is 24.3 Å². The molecule has 1 aliphatic rings.